The fourth-order valence-electron chi connectivity index (χ4n) is 6.62. The lowest BCUT2D eigenvalue weighted by molar-refractivity contribution is 0.668. The molecule has 9 aromatic rings. The van der Waals surface area contributed by atoms with Crippen LogP contribution in [0.25, 0.3) is 65.5 Å². The van der Waals surface area contributed by atoms with Gasteiger partial charge in [-0.2, -0.15) is 0 Å². The van der Waals surface area contributed by atoms with Crippen LogP contribution < -0.4 is 4.90 Å². The molecular formula is C41H26N2O. The first-order valence-electron chi connectivity index (χ1n) is 14.9. The topological polar surface area (TPSA) is 29.3 Å². The minimum atomic E-state index is 0.793. The van der Waals surface area contributed by atoms with Crippen LogP contribution in [0, 0.1) is 0 Å². The fourth-order valence-corrected chi connectivity index (χ4v) is 6.62. The molecule has 9 rings (SSSR count). The van der Waals surface area contributed by atoms with E-state index < -0.39 is 0 Å². The Kier molecular flexibility index (Phi) is 5.50. The Labute approximate surface area is 254 Å². The predicted molar refractivity (Wildman–Crippen MR) is 184 cm³/mol. The average Bonchev–Trinajstić information content (AvgIpc) is 3.48. The van der Waals surface area contributed by atoms with E-state index in [0.717, 1.165) is 49.9 Å². The van der Waals surface area contributed by atoms with Gasteiger partial charge in [0, 0.05) is 29.0 Å². The molecule has 0 aliphatic heterocycles. The summed E-state index contributed by atoms with van der Waals surface area (Å²) in [4.78, 5) is 7.05. The quantitative estimate of drug-likeness (QED) is 0.200. The summed E-state index contributed by atoms with van der Waals surface area (Å²) in [5.41, 5.74) is 8.10. The number of benzene rings is 7. The van der Waals surface area contributed by atoms with E-state index in [9.17, 15) is 0 Å². The molecule has 2 heterocycles. The summed E-state index contributed by atoms with van der Waals surface area (Å²) in [6.45, 7) is 0. The second-order valence-electron chi connectivity index (χ2n) is 11.2. The Morgan fingerprint density at radius 2 is 1.14 bits per heavy atom. The van der Waals surface area contributed by atoms with Crippen molar-refractivity contribution in [3.05, 3.63) is 158 Å². The highest BCUT2D eigenvalue weighted by molar-refractivity contribution is 6.21. The molecule has 0 saturated carbocycles. The van der Waals surface area contributed by atoms with Crippen molar-refractivity contribution in [1.29, 1.82) is 0 Å². The zero-order chi connectivity index (χ0) is 29.0. The molecule has 0 fully saturated rings. The molecule has 0 radical (unpaired) electrons. The zero-order valence-electron chi connectivity index (χ0n) is 23.8. The van der Waals surface area contributed by atoms with Gasteiger partial charge in [-0.15, -0.1) is 0 Å². The molecule has 44 heavy (non-hydrogen) atoms. The molecule has 3 heteroatoms. The summed E-state index contributed by atoms with van der Waals surface area (Å²) in [6, 6.07) is 53.8. The SMILES string of the molecule is c1ccc(-c2ccc(N(c3ccc4c(ccc5ccccc54)c3)c3cc4oc5cccnc5c4c4ccccc34)cc2)cc1. The van der Waals surface area contributed by atoms with Crippen molar-refractivity contribution in [2.45, 2.75) is 0 Å². The van der Waals surface area contributed by atoms with Crippen molar-refractivity contribution in [2.75, 3.05) is 4.90 Å². The van der Waals surface area contributed by atoms with E-state index in [0.29, 0.717) is 0 Å². The van der Waals surface area contributed by atoms with E-state index in [2.05, 4.69) is 144 Å². The standard InChI is InChI=1S/C41H26N2O/c1-2-9-27(10-3-1)28-18-20-31(21-19-28)43(32-22-23-34-30(25-32)17-16-29-11-4-5-12-33(29)34)37-26-39-40(36-14-7-6-13-35(36)37)41-38(44-39)15-8-24-42-41/h1-26H. The van der Waals surface area contributed by atoms with Gasteiger partial charge in [0.2, 0.25) is 0 Å². The molecule has 206 valence electrons. The van der Waals surface area contributed by atoms with Crippen LogP contribution in [0.3, 0.4) is 0 Å². The second-order valence-corrected chi connectivity index (χ2v) is 11.2. The minimum Gasteiger partial charge on any atom is -0.454 e. The Morgan fingerprint density at radius 1 is 0.455 bits per heavy atom. The molecule has 0 spiro atoms. The Morgan fingerprint density at radius 3 is 2.00 bits per heavy atom. The molecule has 0 atom stereocenters. The summed E-state index contributed by atoms with van der Waals surface area (Å²) in [5, 5.41) is 8.26. The van der Waals surface area contributed by atoms with Gasteiger partial charge in [-0.3, -0.25) is 4.98 Å². The van der Waals surface area contributed by atoms with Crippen molar-refractivity contribution in [1.82, 2.24) is 4.98 Å². The number of rotatable bonds is 4. The highest BCUT2D eigenvalue weighted by Crippen LogP contribution is 2.45. The molecule has 3 nitrogen and oxygen atoms in total. The van der Waals surface area contributed by atoms with Gasteiger partial charge in [-0.25, -0.2) is 0 Å². The van der Waals surface area contributed by atoms with Gasteiger partial charge in [0.25, 0.3) is 0 Å². The normalized spacial score (nSPS) is 11.6. The smallest absolute Gasteiger partial charge is 0.153 e. The van der Waals surface area contributed by atoms with Crippen LogP contribution in [0.5, 0.6) is 0 Å². The number of nitrogens with zero attached hydrogens (tertiary/aromatic N) is 2. The van der Waals surface area contributed by atoms with E-state index in [1.165, 1.54) is 32.7 Å². The van der Waals surface area contributed by atoms with Crippen LogP contribution in [0.4, 0.5) is 17.1 Å². The van der Waals surface area contributed by atoms with Crippen molar-refractivity contribution in [3.63, 3.8) is 0 Å². The molecule has 0 aliphatic carbocycles. The van der Waals surface area contributed by atoms with Crippen molar-refractivity contribution < 1.29 is 4.42 Å². The lowest BCUT2D eigenvalue weighted by Crippen LogP contribution is -2.10. The number of furan rings is 1. The van der Waals surface area contributed by atoms with Crippen molar-refractivity contribution in [3.8, 4) is 11.1 Å². The summed E-state index contributed by atoms with van der Waals surface area (Å²) >= 11 is 0. The van der Waals surface area contributed by atoms with E-state index in [-0.39, 0.29) is 0 Å². The maximum atomic E-state index is 6.43. The van der Waals surface area contributed by atoms with Gasteiger partial charge < -0.3 is 9.32 Å². The van der Waals surface area contributed by atoms with Crippen molar-refractivity contribution in [2.24, 2.45) is 0 Å². The van der Waals surface area contributed by atoms with Crippen LogP contribution in [-0.2, 0) is 0 Å². The van der Waals surface area contributed by atoms with Gasteiger partial charge in [0.15, 0.2) is 5.58 Å². The Balaban J connectivity index is 1.31. The van der Waals surface area contributed by atoms with Crippen LogP contribution >= 0.6 is 0 Å². The van der Waals surface area contributed by atoms with Gasteiger partial charge in [0.05, 0.1) is 11.1 Å². The second kappa shape index (κ2) is 9.82. The number of fused-ring (bicyclic) bond motifs is 8. The van der Waals surface area contributed by atoms with E-state index in [1.807, 2.05) is 18.3 Å². The number of anilines is 3. The number of hydrogen-bond donors (Lipinski definition) is 0. The maximum Gasteiger partial charge on any atom is 0.153 e. The lowest BCUT2D eigenvalue weighted by Gasteiger charge is -2.27. The maximum absolute atomic E-state index is 6.43. The Hall–Kier alpha value is -5.93. The average molecular weight is 563 g/mol. The molecule has 0 amide bonds. The first-order valence-corrected chi connectivity index (χ1v) is 14.9. The minimum absolute atomic E-state index is 0.793. The van der Waals surface area contributed by atoms with Crippen LogP contribution in [0.2, 0.25) is 0 Å². The predicted octanol–water partition coefficient (Wildman–Crippen LogP) is 11.6. The fraction of sp³-hybridized carbons (Fsp3) is 0. The first-order chi connectivity index (χ1) is 21.8. The highest BCUT2D eigenvalue weighted by Gasteiger charge is 2.21. The lowest BCUT2D eigenvalue weighted by atomic mass is 9.99. The van der Waals surface area contributed by atoms with Gasteiger partial charge >= 0.3 is 0 Å². The monoisotopic (exact) mass is 562 g/mol. The number of aromatic nitrogens is 1. The zero-order valence-corrected chi connectivity index (χ0v) is 23.8. The van der Waals surface area contributed by atoms with Crippen LogP contribution in [-0.4, -0.2) is 4.98 Å². The molecule has 0 bridgehead atoms. The van der Waals surface area contributed by atoms with Crippen molar-refractivity contribution >= 4 is 71.4 Å². The molecular weight excluding hydrogens is 536 g/mol. The van der Waals surface area contributed by atoms with Gasteiger partial charge in [-0.05, 0) is 74.5 Å². The summed E-state index contributed by atoms with van der Waals surface area (Å²) in [6.07, 6.45) is 1.83. The number of hydrogen-bond acceptors (Lipinski definition) is 3. The van der Waals surface area contributed by atoms with Crippen LogP contribution in [0.15, 0.2) is 162 Å². The molecule has 7 aromatic carbocycles. The van der Waals surface area contributed by atoms with Crippen LogP contribution in [0.1, 0.15) is 0 Å². The highest BCUT2D eigenvalue weighted by atomic mass is 16.3. The largest absolute Gasteiger partial charge is 0.454 e. The molecule has 0 saturated heterocycles. The third kappa shape index (κ3) is 3.87. The van der Waals surface area contributed by atoms with Gasteiger partial charge in [0.1, 0.15) is 11.1 Å². The summed E-state index contributed by atoms with van der Waals surface area (Å²) < 4.78 is 6.43. The molecule has 0 unspecified atom stereocenters. The third-order valence-corrected chi connectivity index (χ3v) is 8.67. The number of pyridine rings is 1. The summed E-state index contributed by atoms with van der Waals surface area (Å²) in [5.74, 6) is 0. The van der Waals surface area contributed by atoms with Gasteiger partial charge in [-0.1, -0.05) is 109 Å². The first kappa shape index (κ1) is 24.6. The van der Waals surface area contributed by atoms with E-state index >= 15 is 0 Å². The van der Waals surface area contributed by atoms with E-state index in [4.69, 9.17) is 9.40 Å². The van der Waals surface area contributed by atoms with E-state index in [1.54, 1.807) is 0 Å². The molecule has 2 aromatic heterocycles. The Bertz CT molecular complexity index is 2490. The molecule has 0 aliphatic rings. The summed E-state index contributed by atoms with van der Waals surface area (Å²) in [7, 11) is 0. The molecule has 0 N–H and O–H groups in total. The third-order valence-electron chi connectivity index (χ3n) is 8.67.